The summed E-state index contributed by atoms with van der Waals surface area (Å²) in [5.74, 6) is -2.06. The summed E-state index contributed by atoms with van der Waals surface area (Å²) < 4.78 is 9.57. The van der Waals surface area contributed by atoms with Gasteiger partial charge in [0.1, 0.15) is 19.0 Å². The number of carbonyl (C=O) groups is 4. The minimum Gasteiger partial charge on any atom is -0.445 e. The van der Waals surface area contributed by atoms with Crippen LogP contribution >= 0.6 is 0 Å². The highest BCUT2D eigenvalue weighted by Crippen LogP contribution is 2.23. The molecule has 4 N–H and O–H groups in total. The molecule has 1 heterocycles. The van der Waals surface area contributed by atoms with Gasteiger partial charge in [-0.2, -0.15) is 0 Å². The molecular formula is C18H27N3O7. The van der Waals surface area contributed by atoms with Crippen molar-refractivity contribution >= 4 is 23.9 Å². The number of rotatable bonds is 12. The van der Waals surface area contributed by atoms with Crippen LogP contribution in [0.5, 0.6) is 0 Å². The van der Waals surface area contributed by atoms with E-state index in [-0.39, 0.29) is 44.4 Å². The third-order valence-corrected chi connectivity index (χ3v) is 4.11. The number of hydrogen-bond acceptors (Lipinski definition) is 7. The van der Waals surface area contributed by atoms with Crippen molar-refractivity contribution in [3.8, 4) is 0 Å². The van der Waals surface area contributed by atoms with Gasteiger partial charge in [-0.1, -0.05) is 25.3 Å². The van der Waals surface area contributed by atoms with E-state index in [0.717, 1.165) is 0 Å². The average Bonchev–Trinajstić information content (AvgIpc) is 2.63. The molecule has 0 spiro atoms. The van der Waals surface area contributed by atoms with Crippen molar-refractivity contribution in [3.63, 3.8) is 0 Å². The Kier molecular flexibility index (Phi) is 9.72. The Morgan fingerprint density at radius 2 is 1.64 bits per heavy atom. The van der Waals surface area contributed by atoms with Crippen molar-refractivity contribution < 1.29 is 33.8 Å². The molecule has 1 aliphatic heterocycles. The van der Waals surface area contributed by atoms with Crippen LogP contribution in [0.2, 0.25) is 0 Å². The normalized spacial score (nSPS) is 18.9. The predicted molar refractivity (Wildman–Crippen MR) is 99.3 cm³/mol. The Morgan fingerprint density at radius 1 is 1.14 bits per heavy atom. The highest BCUT2D eigenvalue weighted by molar-refractivity contribution is 5.90. The number of Topliss-reactive ketones (excluding diaryl/α,β-unsaturated/α-hetero) is 1. The van der Waals surface area contributed by atoms with Gasteiger partial charge in [-0.3, -0.25) is 9.59 Å². The lowest BCUT2D eigenvalue weighted by molar-refractivity contribution is -0.142. The number of aliphatic hydroxyl groups excluding tert-OH is 1. The van der Waals surface area contributed by atoms with E-state index < -0.39 is 36.2 Å². The first-order chi connectivity index (χ1) is 13.3. The van der Waals surface area contributed by atoms with Gasteiger partial charge in [0.2, 0.25) is 5.91 Å². The third-order valence-electron chi connectivity index (χ3n) is 4.11. The van der Waals surface area contributed by atoms with E-state index >= 15 is 0 Å². The minimum absolute atomic E-state index is 0.0146. The van der Waals surface area contributed by atoms with Gasteiger partial charge in [0, 0.05) is 25.6 Å². The van der Waals surface area contributed by atoms with Crippen molar-refractivity contribution in [2.24, 2.45) is 11.8 Å². The fraction of sp³-hybridized carbons (Fsp3) is 0.556. The zero-order valence-corrected chi connectivity index (χ0v) is 15.8. The third kappa shape index (κ3) is 7.39. The number of ketones is 1. The molecule has 1 rings (SSSR count). The van der Waals surface area contributed by atoms with E-state index in [1.54, 1.807) is 0 Å². The molecule has 1 fully saturated rings. The molecule has 3 amide bonds. The molecule has 0 radical (unpaired) electrons. The lowest BCUT2D eigenvalue weighted by atomic mass is 9.81. The van der Waals surface area contributed by atoms with Gasteiger partial charge in [0.15, 0.2) is 0 Å². The van der Waals surface area contributed by atoms with Crippen LogP contribution in [0.3, 0.4) is 0 Å². The maximum Gasteiger partial charge on any atom is 0.407 e. The Bertz CT molecular complexity index is 578. The summed E-state index contributed by atoms with van der Waals surface area (Å²) in [6.07, 6.45) is 0.406. The number of nitrogens with one attached hydrogen (secondary N) is 3. The number of alkyl carbamates (subject to hydrolysis) is 2. The number of amides is 3. The first-order valence-corrected chi connectivity index (χ1v) is 8.84. The Morgan fingerprint density at radius 3 is 2.04 bits per heavy atom. The molecule has 156 valence electrons. The Balaban J connectivity index is 2.64. The van der Waals surface area contributed by atoms with Gasteiger partial charge < -0.3 is 30.5 Å². The van der Waals surface area contributed by atoms with Crippen molar-refractivity contribution in [2.45, 2.75) is 25.5 Å². The number of hydrogen-bond donors (Lipinski definition) is 4. The summed E-state index contributed by atoms with van der Waals surface area (Å²) >= 11 is 0. The Labute approximate surface area is 163 Å². The van der Waals surface area contributed by atoms with Gasteiger partial charge in [-0.25, -0.2) is 9.59 Å². The minimum atomic E-state index is -0.885. The van der Waals surface area contributed by atoms with Gasteiger partial charge in [0.05, 0.1) is 17.9 Å². The van der Waals surface area contributed by atoms with Crippen LogP contribution in [-0.4, -0.2) is 67.4 Å². The topological polar surface area (TPSA) is 143 Å². The average molecular weight is 397 g/mol. The van der Waals surface area contributed by atoms with Crippen LogP contribution < -0.4 is 16.0 Å². The van der Waals surface area contributed by atoms with E-state index in [4.69, 9.17) is 9.47 Å². The maximum atomic E-state index is 12.6. The highest BCUT2D eigenvalue weighted by Gasteiger charge is 2.43. The molecule has 1 aliphatic rings. The summed E-state index contributed by atoms with van der Waals surface area (Å²) in [5, 5.41) is 17.1. The fourth-order valence-electron chi connectivity index (χ4n) is 2.66. The molecule has 0 aromatic carbocycles. The standard InChI is InChI=1S/C18H27N3O7/c1-4-6-27-17(25)19-9-12(10-20-18(26)28-7-5-2)14(23)8-13-15(11(3)22)16(24)21-13/h4-5,11-13,15,22H,1-2,6-10H2,3H3,(H,19,25)(H,20,26)(H,21,24)/t11-,13-,15-/m1/s1. The molecule has 1 saturated heterocycles. The van der Waals surface area contributed by atoms with Gasteiger partial charge in [0.25, 0.3) is 0 Å². The van der Waals surface area contributed by atoms with Gasteiger partial charge >= 0.3 is 12.2 Å². The van der Waals surface area contributed by atoms with E-state index in [1.165, 1.54) is 19.1 Å². The van der Waals surface area contributed by atoms with Crippen LogP contribution in [0.25, 0.3) is 0 Å². The number of ether oxygens (including phenoxy) is 2. The quantitative estimate of drug-likeness (QED) is 0.266. The van der Waals surface area contributed by atoms with Crippen molar-refractivity contribution in [1.82, 2.24) is 16.0 Å². The van der Waals surface area contributed by atoms with E-state index in [2.05, 4.69) is 29.1 Å². The second kappa shape index (κ2) is 11.8. The summed E-state index contributed by atoms with van der Waals surface area (Å²) in [6.45, 7) is 8.18. The van der Waals surface area contributed by atoms with Gasteiger partial charge in [-0.15, -0.1) is 0 Å². The molecule has 0 aromatic rings. The Hall–Kier alpha value is -2.88. The number of β-lactam (4-membered cyclic amide) rings is 1. The van der Waals surface area contributed by atoms with Crippen LogP contribution in [0, 0.1) is 11.8 Å². The first-order valence-electron chi connectivity index (χ1n) is 8.84. The summed E-state index contributed by atoms with van der Waals surface area (Å²) in [5.41, 5.74) is 0. The predicted octanol–water partition coefficient (Wildman–Crippen LogP) is -0.118. The molecule has 0 unspecified atom stereocenters. The lowest BCUT2D eigenvalue weighted by Gasteiger charge is -2.38. The zero-order chi connectivity index (χ0) is 21.1. The largest absolute Gasteiger partial charge is 0.445 e. The summed E-state index contributed by atoms with van der Waals surface area (Å²) in [7, 11) is 0. The second-order valence-corrected chi connectivity index (χ2v) is 6.28. The van der Waals surface area contributed by atoms with E-state index in [9.17, 15) is 24.3 Å². The molecule has 28 heavy (non-hydrogen) atoms. The van der Waals surface area contributed by atoms with Gasteiger partial charge in [-0.05, 0) is 6.92 Å². The fourth-order valence-corrected chi connectivity index (χ4v) is 2.66. The first kappa shape index (κ1) is 23.2. The van der Waals surface area contributed by atoms with Crippen LogP contribution in [0.15, 0.2) is 25.3 Å². The molecule has 3 atom stereocenters. The SMILES string of the molecule is C=CCOC(=O)NCC(CNC(=O)OCC=C)C(=O)C[C@H]1NC(=O)[C@@H]1[C@@H](C)O. The monoisotopic (exact) mass is 397 g/mol. The second-order valence-electron chi connectivity index (χ2n) is 6.28. The van der Waals surface area contributed by atoms with Crippen molar-refractivity contribution in [2.75, 3.05) is 26.3 Å². The molecule has 0 saturated carbocycles. The van der Waals surface area contributed by atoms with Crippen LogP contribution in [0.1, 0.15) is 13.3 Å². The summed E-state index contributed by atoms with van der Waals surface area (Å²) in [6, 6.07) is -0.497. The van der Waals surface area contributed by atoms with E-state index in [1.807, 2.05) is 0 Å². The molecule has 0 aromatic heterocycles. The van der Waals surface area contributed by atoms with Crippen molar-refractivity contribution in [3.05, 3.63) is 25.3 Å². The number of aliphatic hydroxyl groups is 1. The van der Waals surface area contributed by atoms with Crippen LogP contribution in [0.4, 0.5) is 9.59 Å². The molecule has 10 nitrogen and oxygen atoms in total. The summed E-state index contributed by atoms with van der Waals surface area (Å²) in [4.78, 5) is 47.3. The number of carbonyl (C=O) groups excluding carboxylic acids is 4. The highest BCUT2D eigenvalue weighted by atomic mass is 16.6. The smallest absolute Gasteiger partial charge is 0.407 e. The maximum absolute atomic E-state index is 12.6. The zero-order valence-electron chi connectivity index (χ0n) is 15.8. The molecule has 0 aliphatic carbocycles. The molecular weight excluding hydrogens is 370 g/mol. The molecule has 0 bridgehead atoms. The van der Waals surface area contributed by atoms with E-state index in [0.29, 0.717) is 0 Å². The van der Waals surface area contributed by atoms with Crippen LogP contribution in [-0.2, 0) is 19.1 Å². The van der Waals surface area contributed by atoms with Crippen molar-refractivity contribution in [1.29, 1.82) is 0 Å². The lowest BCUT2D eigenvalue weighted by Crippen LogP contribution is -2.62. The molecule has 10 heteroatoms.